The van der Waals surface area contributed by atoms with Gasteiger partial charge < -0.3 is 8.98 Å². The zero-order valence-electron chi connectivity index (χ0n) is 35.9. The van der Waals surface area contributed by atoms with Gasteiger partial charge >= 0.3 is 0 Å². The number of para-hydroxylation sites is 2. The minimum atomic E-state index is 0.578. The van der Waals surface area contributed by atoms with Gasteiger partial charge in [0.2, 0.25) is 0 Å². The van der Waals surface area contributed by atoms with Crippen LogP contribution in [0.1, 0.15) is 0 Å². The van der Waals surface area contributed by atoms with Gasteiger partial charge in [0.1, 0.15) is 11.2 Å². The Morgan fingerprint density at radius 3 is 1.85 bits per heavy atom. The van der Waals surface area contributed by atoms with Crippen LogP contribution < -0.4 is 0 Å². The van der Waals surface area contributed by atoms with Crippen molar-refractivity contribution in [3.05, 3.63) is 218 Å². The average molecular weight is 873 g/mol. The number of furan rings is 1. The van der Waals surface area contributed by atoms with Crippen LogP contribution in [-0.4, -0.2) is 19.5 Å². The molecule has 0 aliphatic carbocycles. The van der Waals surface area contributed by atoms with Gasteiger partial charge in [-0.1, -0.05) is 164 Å². The van der Waals surface area contributed by atoms with Gasteiger partial charge in [-0.3, -0.25) is 0 Å². The first-order valence-corrected chi connectivity index (χ1v) is 23.3. The first-order valence-electron chi connectivity index (χ1n) is 22.5. The van der Waals surface area contributed by atoms with E-state index in [1.54, 1.807) is 0 Å². The molecule has 0 aliphatic heterocycles. The van der Waals surface area contributed by atoms with Crippen LogP contribution in [0.4, 0.5) is 0 Å². The molecule has 14 aromatic rings. The minimum absolute atomic E-state index is 0.578. The molecule has 0 saturated heterocycles. The summed E-state index contributed by atoms with van der Waals surface area (Å²) in [5.74, 6) is 1.77. The van der Waals surface area contributed by atoms with E-state index >= 15 is 0 Å². The predicted octanol–water partition coefficient (Wildman–Crippen LogP) is 16.7. The van der Waals surface area contributed by atoms with Crippen molar-refractivity contribution in [3.63, 3.8) is 0 Å². The normalized spacial score (nSPS) is 11.9. The fourth-order valence-electron chi connectivity index (χ4n) is 10.1. The van der Waals surface area contributed by atoms with Gasteiger partial charge in [-0.2, -0.15) is 0 Å². The van der Waals surface area contributed by atoms with Crippen LogP contribution in [0, 0.1) is 0 Å². The Balaban J connectivity index is 0.973. The molecule has 0 N–H and O–H groups in total. The number of aromatic nitrogens is 4. The van der Waals surface area contributed by atoms with Gasteiger partial charge in [-0.15, -0.1) is 11.3 Å². The first kappa shape index (κ1) is 37.6. The monoisotopic (exact) mass is 872 g/mol. The molecule has 0 radical (unpaired) electrons. The Morgan fingerprint density at radius 1 is 0.358 bits per heavy atom. The quantitative estimate of drug-likeness (QED) is 0.167. The Morgan fingerprint density at radius 2 is 1.00 bits per heavy atom. The lowest BCUT2D eigenvalue weighted by Gasteiger charge is -2.14. The van der Waals surface area contributed by atoms with Crippen LogP contribution in [0.2, 0.25) is 0 Å². The largest absolute Gasteiger partial charge is 0.456 e. The molecule has 0 bridgehead atoms. The molecule has 5 nitrogen and oxygen atoms in total. The van der Waals surface area contributed by atoms with Crippen LogP contribution in [-0.2, 0) is 0 Å². The van der Waals surface area contributed by atoms with E-state index in [-0.39, 0.29) is 0 Å². The molecule has 14 rings (SSSR count). The van der Waals surface area contributed by atoms with Crippen molar-refractivity contribution < 1.29 is 4.42 Å². The van der Waals surface area contributed by atoms with Gasteiger partial charge in [0.15, 0.2) is 17.5 Å². The highest BCUT2D eigenvalue weighted by Crippen LogP contribution is 2.44. The maximum atomic E-state index is 6.32. The van der Waals surface area contributed by atoms with E-state index in [2.05, 4.69) is 168 Å². The van der Waals surface area contributed by atoms with Crippen molar-refractivity contribution in [2.75, 3.05) is 0 Å². The third-order valence-corrected chi connectivity index (χ3v) is 14.4. The first-order chi connectivity index (χ1) is 33.2. The van der Waals surface area contributed by atoms with Gasteiger partial charge in [0.25, 0.3) is 0 Å². The van der Waals surface area contributed by atoms with Gasteiger partial charge in [-0.05, 0) is 82.1 Å². The third kappa shape index (κ3) is 6.11. The maximum absolute atomic E-state index is 6.32. The van der Waals surface area contributed by atoms with Crippen molar-refractivity contribution >= 4 is 86.0 Å². The SMILES string of the molecule is c1ccc(-c2ccc3c(c2)c2cccc(-c4ccc5c(c4)sc4ccc6ccccc6c45)c2n3-c2cccc(-c3nc(-c4ccccc4)nc(-c4ccc5c(c4)oc4ccccc45)n3)c2)cc1. The van der Waals surface area contributed by atoms with E-state index in [0.717, 1.165) is 55.3 Å². The van der Waals surface area contributed by atoms with Crippen LogP contribution in [0.15, 0.2) is 223 Å². The lowest BCUT2D eigenvalue weighted by atomic mass is 9.98. The van der Waals surface area contributed by atoms with Crippen LogP contribution in [0.25, 0.3) is 137 Å². The topological polar surface area (TPSA) is 56.7 Å². The summed E-state index contributed by atoms with van der Waals surface area (Å²) >= 11 is 1.86. The summed E-state index contributed by atoms with van der Waals surface area (Å²) in [6.07, 6.45) is 0. The van der Waals surface area contributed by atoms with E-state index in [0.29, 0.717) is 17.5 Å². The number of hydrogen-bond acceptors (Lipinski definition) is 5. The Labute approximate surface area is 388 Å². The van der Waals surface area contributed by atoms with Crippen LogP contribution >= 0.6 is 11.3 Å². The maximum Gasteiger partial charge on any atom is 0.164 e. The molecule has 0 unspecified atom stereocenters. The van der Waals surface area contributed by atoms with Crippen molar-refractivity contribution in [2.24, 2.45) is 0 Å². The van der Waals surface area contributed by atoms with Gasteiger partial charge in [-0.25, -0.2) is 15.0 Å². The molecule has 312 valence electrons. The third-order valence-electron chi connectivity index (χ3n) is 13.2. The number of nitrogens with zero attached hydrogens (tertiary/aromatic N) is 4. The average Bonchev–Trinajstić information content (AvgIpc) is 4.08. The molecule has 67 heavy (non-hydrogen) atoms. The fraction of sp³-hybridized carbons (Fsp3) is 0. The smallest absolute Gasteiger partial charge is 0.164 e. The van der Waals surface area contributed by atoms with Gasteiger partial charge in [0.05, 0.1) is 11.0 Å². The number of fused-ring (bicyclic) bond motifs is 11. The van der Waals surface area contributed by atoms with Crippen molar-refractivity contribution in [2.45, 2.75) is 0 Å². The summed E-state index contributed by atoms with van der Waals surface area (Å²) in [4.78, 5) is 15.5. The van der Waals surface area contributed by atoms with E-state index in [1.165, 1.54) is 64.0 Å². The second-order valence-corrected chi connectivity index (χ2v) is 18.2. The molecule has 10 aromatic carbocycles. The molecule has 6 heteroatoms. The van der Waals surface area contributed by atoms with E-state index in [1.807, 2.05) is 65.9 Å². The van der Waals surface area contributed by atoms with Gasteiger partial charge in [0, 0.05) is 69.7 Å². The highest BCUT2D eigenvalue weighted by atomic mass is 32.1. The summed E-state index contributed by atoms with van der Waals surface area (Å²) in [6.45, 7) is 0. The predicted molar refractivity (Wildman–Crippen MR) is 279 cm³/mol. The molecular weight excluding hydrogens is 837 g/mol. The molecular formula is C61H36N4OS. The lowest BCUT2D eigenvalue weighted by Crippen LogP contribution is -2.01. The summed E-state index contributed by atoms with van der Waals surface area (Å²) < 4.78 is 11.3. The molecule has 4 heterocycles. The number of rotatable bonds is 6. The second-order valence-electron chi connectivity index (χ2n) is 17.1. The van der Waals surface area contributed by atoms with Crippen molar-refractivity contribution in [1.29, 1.82) is 0 Å². The van der Waals surface area contributed by atoms with Crippen molar-refractivity contribution in [1.82, 2.24) is 19.5 Å². The molecule has 0 fully saturated rings. The van der Waals surface area contributed by atoms with E-state index < -0.39 is 0 Å². The molecule has 0 aliphatic rings. The second kappa shape index (κ2) is 14.9. The molecule has 4 aromatic heterocycles. The highest BCUT2D eigenvalue weighted by molar-refractivity contribution is 7.26. The number of benzene rings is 10. The Bertz CT molecular complexity index is 4280. The Kier molecular flexibility index (Phi) is 8.38. The van der Waals surface area contributed by atoms with E-state index in [4.69, 9.17) is 19.4 Å². The summed E-state index contributed by atoms with van der Waals surface area (Å²) in [7, 11) is 0. The van der Waals surface area contributed by atoms with Crippen molar-refractivity contribution in [3.8, 4) is 62.1 Å². The standard InChI is InChI=1S/C61H36N4OS/c1-3-13-37(14-4-1)40-27-31-52-51(34-40)49-23-12-22-46(41-25-30-50-56(36-41)67-55-32-28-38-15-7-8-20-45(38)57(50)55)58(49)65(52)44-19-11-18-42(33-44)60-62-59(39-16-5-2-6-17-39)63-61(64-60)43-26-29-48-47-21-9-10-24-53(47)66-54(48)35-43/h1-36H. The summed E-state index contributed by atoms with van der Waals surface area (Å²) in [5.41, 5.74) is 12.3. The van der Waals surface area contributed by atoms with E-state index in [9.17, 15) is 0 Å². The summed E-state index contributed by atoms with van der Waals surface area (Å²) in [6, 6.07) is 77.6. The lowest BCUT2D eigenvalue weighted by molar-refractivity contribution is 0.669. The molecule has 0 saturated carbocycles. The highest BCUT2D eigenvalue weighted by Gasteiger charge is 2.21. The van der Waals surface area contributed by atoms with Crippen LogP contribution in [0.5, 0.6) is 0 Å². The summed E-state index contributed by atoms with van der Waals surface area (Å²) in [5, 5.41) is 9.69. The fourth-order valence-corrected chi connectivity index (χ4v) is 11.3. The number of hydrogen-bond donors (Lipinski definition) is 0. The molecule has 0 spiro atoms. The molecule has 0 atom stereocenters. The zero-order chi connectivity index (χ0) is 44.0. The van der Waals surface area contributed by atoms with Crippen LogP contribution in [0.3, 0.4) is 0 Å². The minimum Gasteiger partial charge on any atom is -0.456 e. The molecule has 0 amide bonds. The zero-order valence-corrected chi connectivity index (χ0v) is 36.7. The Hall–Kier alpha value is -8.71. The number of thiophene rings is 1.